The Kier molecular flexibility index (Phi) is 8.76. The standard InChI is InChI=1S/C28H33NO4/c1-20(15-16-23-17-26(32-3)27(33-4)19-25(23)31-2)29-28(30)18-24(21-11-7-5-8-12-21)22-13-9-6-10-14-22/h5-14,17,19-20,24H,15-16,18H2,1-4H3,(H,29,30). The number of aryl methyl sites for hydroxylation is 1. The number of rotatable bonds is 11. The fourth-order valence-electron chi connectivity index (χ4n) is 4.05. The molecule has 1 amide bonds. The van der Waals surface area contributed by atoms with Crippen LogP contribution in [-0.2, 0) is 11.2 Å². The molecule has 0 aliphatic rings. The molecule has 1 atom stereocenters. The maximum atomic E-state index is 13.0. The highest BCUT2D eigenvalue weighted by Gasteiger charge is 2.19. The van der Waals surface area contributed by atoms with Crippen LogP contribution in [0.4, 0.5) is 0 Å². The lowest BCUT2D eigenvalue weighted by Crippen LogP contribution is -2.34. The van der Waals surface area contributed by atoms with Crippen LogP contribution in [0.5, 0.6) is 17.2 Å². The molecule has 3 aromatic carbocycles. The summed E-state index contributed by atoms with van der Waals surface area (Å²) in [6.45, 7) is 2.03. The molecule has 3 rings (SSSR count). The van der Waals surface area contributed by atoms with Crippen LogP contribution in [0.15, 0.2) is 72.8 Å². The molecule has 0 fully saturated rings. The maximum absolute atomic E-state index is 13.0. The first kappa shape index (κ1) is 24.2. The molecule has 0 heterocycles. The van der Waals surface area contributed by atoms with Gasteiger partial charge in [0.1, 0.15) is 5.75 Å². The molecule has 0 aromatic heterocycles. The van der Waals surface area contributed by atoms with E-state index < -0.39 is 0 Å². The highest BCUT2D eigenvalue weighted by molar-refractivity contribution is 5.77. The summed E-state index contributed by atoms with van der Waals surface area (Å²) < 4.78 is 16.3. The zero-order valence-electron chi connectivity index (χ0n) is 19.8. The highest BCUT2D eigenvalue weighted by atomic mass is 16.5. The third kappa shape index (κ3) is 6.51. The Morgan fingerprint density at radius 1 is 0.788 bits per heavy atom. The van der Waals surface area contributed by atoms with Crippen LogP contribution in [0.2, 0.25) is 0 Å². The molecule has 0 bridgehead atoms. The lowest BCUT2D eigenvalue weighted by Gasteiger charge is -2.20. The summed E-state index contributed by atoms with van der Waals surface area (Å²) >= 11 is 0. The van der Waals surface area contributed by atoms with Gasteiger partial charge in [-0.25, -0.2) is 0 Å². The Labute approximate surface area is 196 Å². The van der Waals surface area contributed by atoms with E-state index in [4.69, 9.17) is 14.2 Å². The first-order valence-corrected chi connectivity index (χ1v) is 11.2. The van der Waals surface area contributed by atoms with Gasteiger partial charge in [0, 0.05) is 24.4 Å². The Bertz CT molecular complexity index is 981. The fourth-order valence-corrected chi connectivity index (χ4v) is 4.05. The second kappa shape index (κ2) is 12.0. The number of methoxy groups -OCH3 is 3. The van der Waals surface area contributed by atoms with Gasteiger partial charge in [0.25, 0.3) is 0 Å². The number of carbonyl (C=O) groups is 1. The molecule has 0 aliphatic carbocycles. The molecular weight excluding hydrogens is 414 g/mol. The molecular formula is C28H33NO4. The molecule has 1 N–H and O–H groups in total. The van der Waals surface area contributed by atoms with Crippen molar-refractivity contribution in [3.63, 3.8) is 0 Å². The number of hydrogen-bond donors (Lipinski definition) is 1. The molecule has 33 heavy (non-hydrogen) atoms. The summed E-state index contributed by atoms with van der Waals surface area (Å²) in [4.78, 5) is 13.0. The molecule has 5 nitrogen and oxygen atoms in total. The van der Waals surface area contributed by atoms with E-state index in [1.807, 2.05) is 55.5 Å². The fraction of sp³-hybridized carbons (Fsp3) is 0.321. The lowest BCUT2D eigenvalue weighted by molar-refractivity contribution is -0.121. The van der Waals surface area contributed by atoms with Crippen LogP contribution in [0.3, 0.4) is 0 Å². The van der Waals surface area contributed by atoms with Gasteiger partial charge in [-0.2, -0.15) is 0 Å². The van der Waals surface area contributed by atoms with Gasteiger partial charge in [-0.15, -0.1) is 0 Å². The first-order valence-electron chi connectivity index (χ1n) is 11.2. The van der Waals surface area contributed by atoms with Gasteiger partial charge in [0.2, 0.25) is 5.91 Å². The van der Waals surface area contributed by atoms with Gasteiger partial charge in [0.05, 0.1) is 21.3 Å². The van der Waals surface area contributed by atoms with E-state index in [0.717, 1.165) is 35.3 Å². The van der Waals surface area contributed by atoms with Gasteiger partial charge in [-0.1, -0.05) is 60.7 Å². The molecule has 0 saturated carbocycles. The van der Waals surface area contributed by atoms with Crippen molar-refractivity contribution >= 4 is 5.91 Å². The second-order valence-corrected chi connectivity index (χ2v) is 8.10. The van der Waals surface area contributed by atoms with Crippen molar-refractivity contribution in [2.75, 3.05) is 21.3 Å². The Balaban J connectivity index is 1.64. The van der Waals surface area contributed by atoms with Crippen molar-refractivity contribution in [1.29, 1.82) is 0 Å². The van der Waals surface area contributed by atoms with Crippen molar-refractivity contribution < 1.29 is 19.0 Å². The predicted molar refractivity (Wildman–Crippen MR) is 131 cm³/mol. The summed E-state index contributed by atoms with van der Waals surface area (Å²) in [5.41, 5.74) is 3.30. The molecule has 174 valence electrons. The van der Waals surface area contributed by atoms with Gasteiger partial charge in [0.15, 0.2) is 11.5 Å². The molecule has 0 aliphatic heterocycles. The quantitative estimate of drug-likeness (QED) is 0.429. The summed E-state index contributed by atoms with van der Waals surface area (Å²) in [5.74, 6) is 2.11. The van der Waals surface area contributed by atoms with Gasteiger partial charge in [-0.05, 0) is 42.5 Å². The lowest BCUT2D eigenvalue weighted by atomic mass is 9.88. The van der Waals surface area contributed by atoms with Crippen molar-refractivity contribution in [2.45, 2.75) is 38.1 Å². The van der Waals surface area contributed by atoms with E-state index in [9.17, 15) is 4.79 Å². The summed E-state index contributed by atoms with van der Waals surface area (Å²) in [7, 11) is 4.86. The average molecular weight is 448 g/mol. The minimum absolute atomic E-state index is 0.0162. The summed E-state index contributed by atoms with van der Waals surface area (Å²) in [6.07, 6.45) is 1.92. The zero-order chi connectivity index (χ0) is 23.6. The molecule has 0 saturated heterocycles. The van der Waals surface area contributed by atoms with E-state index >= 15 is 0 Å². The van der Waals surface area contributed by atoms with Crippen molar-refractivity contribution in [3.05, 3.63) is 89.5 Å². The summed E-state index contributed by atoms with van der Waals surface area (Å²) in [6, 6.07) is 24.2. The van der Waals surface area contributed by atoms with Crippen LogP contribution >= 0.6 is 0 Å². The first-order chi connectivity index (χ1) is 16.0. The number of benzene rings is 3. The third-order valence-electron chi connectivity index (χ3n) is 5.83. The molecule has 1 unspecified atom stereocenters. The van der Waals surface area contributed by atoms with Crippen LogP contribution in [0, 0.1) is 0 Å². The van der Waals surface area contributed by atoms with E-state index in [1.165, 1.54) is 0 Å². The monoisotopic (exact) mass is 447 g/mol. The van der Waals surface area contributed by atoms with Crippen molar-refractivity contribution in [1.82, 2.24) is 5.32 Å². The van der Waals surface area contributed by atoms with Crippen LogP contribution < -0.4 is 19.5 Å². The van der Waals surface area contributed by atoms with E-state index in [2.05, 4.69) is 29.6 Å². The van der Waals surface area contributed by atoms with Gasteiger partial charge < -0.3 is 19.5 Å². The average Bonchev–Trinajstić information content (AvgIpc) is 2.86. The highest BCUT2D eigenvalue weighted by Crippen LogP contribution is 2.35. The van der Waals surface area contributed by atoms with E-state index in [1.54, 1.807) is 21.3 Å². The SMILES string of the molecule is COc1cc(OC)c(OC)cc1CCC(C)NC(=O)CC(c1ccccc1)c1ccccc1. The van der Waals surface area contributed by atoms with Crippen molar-refractivity contribution in [2.24, 2.45) is 0 Å². The number of hydrogen-bond acceptors (Lipinski definition) is 4. The van der Waals surface area contributed by atoms with Crippen molar-refractivity contribution in [3.8, 4) is 17.2 Å². The zero-order valence-corrected chi connectivity index (χ0v) is 19.8. The summed E-state index contributed by atoms with van der Waals surface area (Å²) in [5, 5.41) is 3.17. The Morgan fingerprint density at radius 3 is 1.82 bits per heavy atom. The normalized spacial score (nSPS) is 11.7. The minimum atomic E-state index is 0.0162. The molecule has 5 heteroatoms. The van der Waals surface area contributed by atoms with E-state index in [-0.39, 0.29) is 17.9 Å². The van der Waals surface area contributed by atoms with Crippen LogP contribution in [-0.4, -0.2) is 33.3 Å². The Hall–Kier alpha value is -3.47. The van der Waals surface area contributed by atoms with Crippen LogP contribution in [0.25, 0.3) is 0 Å². The molecule has 0 radical (unpaired) electrons. The number of nitrogens with one attached hydrogen (secondary N) is 1. The molecule has 0 spiro atoms. The topological polar surface area (TPSA) is 56.8 Å². The van der Waals surface area contributed by atoms with Gasteiger partial charge in [-0.3, -0.25) is 4.79 Å². The number of carbonyl (C=O) groups excluding carboxylic acids is 1. The van der Waals surface area contributed by atoms with E-state index in [0.29, 0.717) is 17.9 Å². The third-order valence-corrected chi connectivity index (χ3v) is 5.83. The maximum Gasteiger partial charge on any atom is 0.221 e. The molecule has 3 aromatic rings. The van der Waals surface area contributed by atoms with Gasteiger partial charge >= 0.3 is 0 Å². The largest absolute Gasteiger partial charge is 0.496 e. The number of amides is 1. The Morgan fingerprint density at radius 2 is 1.30 bits per heavy atom. The van der Waals surface area contributed by atoms with Crippen LogP contribution in [0.1, 0.15) is 42.4 Å². The smallest absolute Gasteiger partial charge is 0.221 e. The minimum Gasteiger partial charge on any atom is -0.496 e. The predicted octanol–water partition coefficient (Wildman–Crippen LogP) is 5.37. The number of ether oxygens (including phenoxy) is 3. The second-order valence-electron chi connectivity index (χ2n) is 8.10.